The van der Waals surface area contributed by atoms with Gasteiger partial charge < -0.3 is 10.7 Å². The van der Waals surface area contributed by atoms with E-state index in [1.165, 1.54) is 18.2 Å². The number of nitrogens with two attached hydrogens (primary N) is 1. The van der Waals surface area contributed by atoms with Crippen LogP contribution >= 0.6 is 11.3 Å². The molecule has 0 unspecified atom stereocenters. The number of carbonyl (C=O) groups excluding carboxylic acids is 1. The first kappa shape index (κ1) is 14.0. The molecule has 0 saturated carbocycles. The van der Waals surface area contributed by atoms with Crippen LogP contribution < -0.4 is 16.6 Å². The molecule has 0 radical (unpaired) electrons. The van der Waals surface area contributed by atoms with Crippen molar-refractivity contribution in [1.29, 1.82) is 0 Å². The van der Waals surface area contributed by atoms with Crippen LogP contribution in [0.1, 0.15) is 15.9 Å². The summed E-state index contributed by atoms with van der Waals surface area (Å²) < 4.78 is 0. The van der Waals surface area contributed by atoms with E-state index in [9.17, 15) is 14.9 Å². The number of carbonyl (C=O) groups is 1. The van der Waals surface area contributed by atoms with Gasteiger partial charge in [-0.25, -0.2) is 0 Å². The summed E-state index contributed by atoms with van der Waals surface area (Å²) in [5.74, 6) is 4.91. The van der Waals surface area contributed by atoms with Crippen molar-refractivity contribution in [3.05, 3.63) is 56.3 Å². The predicted molar refractivity (Wildman–Crippen MR) is 76.4 cm³/mol. The monoisotopic (exact) mass is 292 g/mol. The number of benzene rings is 1. The Morgan fingerprint density at radius 2 is 2.20 bits per heavy atom. The predicted octanol–water partition coefficient (Wildman–Crippen LogP) is 1.87. The molecule has 0 spiro atoms. The Kier molecular flexibility index (Phi) is 4.28. The molecule has 8 heteroatoms. The lowest BCUT2D eigenvalue weighted by atomic mass is 10.1. The van der Waals surface area contributed by atoms with E-state index in [4.69, 9.17) is 5.84 Å². The van der Waals surface area contributed by atoms with Gasteiger partial charge in [0.05, 0.1) is 4.92 Å². The Bertz CT molecular complexity index is 628. The Morgan fingerprint density at radius 3 is 2.80 bits per heavy atom. The van der Waals surface area contributed by atoms with Gasteiger partial charge in [-0.3, -0.25) is 20.8 Å². The number of thiophene rings is 1. The van der Waals surface area contributed by atoms with Crippen molar-refractivity contribution in [2.45, 2.75) is 6.54 Å². The molecule has 20 heavy (non-hydrogen) atoms. The van der Waals surface area contributed by atoms with Gasteiger partial charge in [-0.05, 0) is 34.5 Å². The number of hydrogen-bond donors (Lipinski definition) is 3. The van der Waals surface area contributed by atoms with E-state index in [0.717, 1.165) is 5.56 Å². The fourth-order valence-corrected chi connectivity index (χ4v) is 2.30. The van der Waals surface area contributed by atoms with Crippen LogP contribution in [0.3, 0.4) is 0 Å². The van der Waals surface area contributed by atoms with E-state index in [2.05, 4.69) is 10.7 Å². The average molecular weight is 292 g/mol. The zero-order chi connectivity index (χ0) is 14.5. The number of amides is 1. The van der Waals surface area contributed by atoms with E-state index in [1.807, 2.05) is 16.8 Å². The number of nitrogen functional groups attached to an aromatic ring is 1. The second kappa shape index (κ2) is 6.13. The summed E-state index contributed by atoms with van der Waals surface area (Å²) in [7, 11) is 0. The first-order valence-electron chi connectivity index (χ1n) is 5.66. The number of rotatable bonds is 5. The molecule has 1 aromatic carbocycles. The number of nitro groups is 1. The summed E-state index contributed by atoms with van der Waals surface area (Å²) in [6, 6.07) is 5.89. The van der Waals surface area contributed by atoms with Gasteiger partial charge in [0.25, 0.3) is 11.6 Å². The Balaban J connectivity index is 2.12. The molecule has 1 aromatic heterocycles. The second-order valence-corrected chi connectivity index (χ2v) is 4.73. The van der Waals surface area contributed by atoms with Crippen molar-refractivity contribution in [1.82, 2.24) is 5.32 Å². The van der Waals surface area contributed by atoms with Crippen LogP contribution in [-0.2, 0) is 6.54 Å². The minimum absolute atomic E-state index is 0.0955. The molecular formula is C12H12N4O3S. The lowest BCUT2D eigenvalue weighted by Crippen LogP contribution is -2.23. The summed E-state index contributed by atoms with van der Waals surface area (Å²) in [6.45, 7) is 0.407. The van der Waals surface area contributed by atoms with Gasteiger partial charge in [0.15, 0.2) is 0 Å². The lowest BCUT2D eigenvalue weighted by molar-refractivity contribution is -0.384. The number of hydrazine groups is 1. The molecule has 0 aliphatic rings. The van der Waals surface area contributed by atoms with Crippen LogP contribution in [0.4, 0.5) is 11.4 Å². The average Bonchev–Trinajstić information content (AvgIpc) is 2.97. The zero-order valence-corrected chi connectivity index (χ0v) is 11.1. The smallest absolute Gasteiger partial charge is 0.293 e. The summed E-state index contributed by atoms with van der Waals surface area (Å²) in [5.41, 5.74) is 3.45. The normalized spacial score (nSPS) is 10.1. The molecule has 104 valence electrons. The Labute approximate surface area is 118 Å². The summed E-state index contributed by atoms with van der Waals surface area (Å²) >= 11 is 1.55. The van der Waals surface area contributed by atoms with Crippen molar-refractivity contribution in [3.8, 4) is 0 Å². The van der Waals surface area contributed by atoms with Gasteiger partial charge in [0.2, 0.25) is 0 Å². The molecule has 0 fully saturated rings. The van der Waals surface area contributed by atoms with E-state index in [0.29, 0.717) is 12.1 Å². The number of nitro benzene ring substituents is 1. The van der Waals surface area contributed by atoms with E-state index in [1.54, 1.807) is 11.3 Å². The molecule has 0 bridgehead atoms. The molecule has 1 amide bonds. The summed E-state index contributed by atoms with van der Waals surface area (Å²) in [5, 5.41) is 17.3. The van der Waals surface area contributed by atoms with Crippen molar-refractivity contribution in [3.63, 3.8) is 0 Å². The zero-order valence-electron chi connectivity index (χ0n) is 10.3. The van der Waals surface area contributed by atoms with Gasteiger partial charge in [-0.1, -0.05) is 0 Å². The van der Waals surface area contributed by atoms with E-state index >= 15 is 0 Å². The fourth-order valence-electron chi connectivity index (χ4n) is 1.63. The summed E-state index contributed by atoms with van der Waals surface area (Å²) in [4.78, 5) is 22.1. The maximum absolute atomic E-state index is 11.9. The van der Waals surface area contributed by atoms with Crippen molar-refractivity contribution in [2.75, 3.05) is 5.43 Å². The first-order valence-corrected chi connectivity index (χ1v) is 6.60. The maximum atomic E-state index is 11.9. The topological polar surface area (TPSA) is 110 Å². The highest BCUT2D eigenvalue weighted by molar-refractivity contribution is 7.07. The van der Waals surface area contributed by atoms with Crippen LogP contribution in [0.25, 0.3) is 0 Å². The molecule has 7 nitrogen and oxygen atoms in total. The minimum atomic E-state index is -0.567. The number of hydrogen-bond acceptors (Lipinski definition) is 6. The third-order valence-electron chi connectivity index (χ3n) is 2.64. The van der Waals surface area contributed by atoms with Crippen LogP contribution in [-0.4, -0.2) is 10.8 Å². The van der Waals surface area contributed by atoms with Gasteiger partial charge in [-0.15, -0.1) is 0 Å². The highest BCUT2D eigenvalue weighted by Gasteiger charge is 2.16. The largest absolute Gasteiger partial charge is 0.348 e. The van der Waals surface area contributed by atoms with Gasteiger partial charge >= 0.3 is 0 Å². The minimum Gasteiger partial charge on any atom is -0.348 e. The second-order valence-electron chi connectivity index (χ2n) is 3.95. The van der Waals surface area contributed by atoms with Crippen LogP contribution in [0.15, 0.2) is 35.0 Å². The summed E-state index contributed by atoms with van der Waals surface area (Å²) in [6.07, 6.45) is 0. The number of anilines is 1. The SMILES string of the molecule is NNc1cc(C(=O)NCc2ccsc2)ccc1[N+](=O)[O-]. The molecule has 4 N–H and O–H groups in total. The van der Waals surface area contributed by atoms with E-state index < -0.39 is 4.92 Å². The molecule has 1 heterocycles. The lowest BCUT2D eigenvalue weighted by Gasteiger charge is -2.06. The molecular weight excluding hydrogens is 280 g/mol. The molecule has 2 rings (SSSR count). The third-order valence-corrected chi connectivity index (χ3v) is 3.38. The van der Waals surface area contributed by atoms with Crippen LogP contribution in [0.2, 0.25) is 0 Å². The van der Waals surface area contributed by atoms with Gasteiger partial charge in [0, 0.05) is 18.2 Å². The number of nitrogens with one attached hydrogen (secondary N) is 2. The molecule has 0 atom stereocenters. The van der Waals surface area contributed by atoms with Crippen LogP contribution in [0.5, 0.6) is 0 Å². The van der Waals surface area contributed by atoms with Crippen molar-refractivity contribution in [2.24, 2.45) is 5.84 Å². The van der Waals surface area contributed by atoms with Crippen molar-refractivity contribution < 1.29 is 9.72 Å². The maximum Gasteiger partial charge on any atom is 0.293 e. The fraction of sp³-hybridized carbons (Fsp3) is 0.0833. The van der Waals surface area contributed by atoms with E-state index in [-0.39, 0.29) is 17.3 Å². The Morgan fingerprint density at radius 1 is 1.40 bits per heavy atom. The molecule has 0 saturated heterocycles. The third kappa shape index (κ3) is 3.11. The highest BCUT2D eigenvalue weighted by atomic mass is 32.1. The van der Waals surface area contributed by atoms with Crippen molar-refractivity contribution >= 4 is 28.6 Å². The Hall–Kier alpha value is -2.45. The number of nitrogens with zero attached hydrogens (tertiary/aromatic N) is 1. The molecule has 2 aromatic rings. The highest BCUT2D eigenvalue weighted by Crippen LogP contribution is 2.24. The molecule has 0 aliphatic carbocycles. The standard InChI is InChI=1S/C12H12N4O3S/c13-15-10-5-9(1-2-11(10)16(18)19)12(17)14-6-8-3-4-20-7-8/h1-5,7,15H,6,13H2,(H,14,17). The van der Waals surface area contributed by atoms with Gasteiger partial charge in [0.1, 0.15) is 5.69 Å². The van der Waals surface area contributed by atoms with Gasteiger partial charge in [-0.2, -0.15) is 11.3 Å². The molecule has 0 aliphatic heterocycles. The quantitative estimate of drug-likeness (QED) is 0.442. The first-order chi connectivity index (χ1) is 9.61. The van der Waals surface area contributed by atoms with Crippen LogP contribution in [0, 0.1) is 10.1 Å².